The Kier molecular flexibility index (Phi) is 4.90. The lowest BCUT2D eigenvalue weighted by atomic mass is 10.1. The lowest BCUT2D eigenvalue weighted by Gasteiger charge is -2.09. The van der Waals surface area contributed by atoms with E-state index in [1.165, 1.54) is 25.4 Å². The zero-order chi connectivity index (χ0) is 20.5. The molecule has 0 spiro atoms. The van der Waals surface area contributed by atoms with Crippen molar-refractivity contribution in [1.82, 2.24) is 9.78 Å². The van der Waals surface area contributed by atoms with Crippen LogP contribution in [0.5, 0.6) is 11.5 Å². The maximum absolute atomic E-state index is 12.8. The minimum Gasteiger partial charge on any atom is -0.493 e. The number of nitrogens with zero attached hydrogens (tertiary/aromatic N) is 2. The first kappa shape index (κ1) is 18.9. The van der Waals surface area contributed by atoms with E-state index in [9.17, 15) is 9.59 Å². The number of carbonyl (C=O) groups excluding carboxylic acids is 2. The quantitative estimate of drug-likeness (QED) is 0.270. The fourth-order valence-electron chi connectivity index (χ4n) is 3.01. The molecule has 6 nitrogen and oxygen atoms in total. The first-order valence-corrected chi connectivity index (χ1v) is 9.75. The molecule has 0 unspecified atom stereocenters. The number of thiophene rings is 1. The Balaban J connectivity index is 1.67. The Labute approximate surface area is 171 Å². The number of esters is 1. The number of fused-ring (bicyclic) bond motifs is 1. The van der Waals surface area contributed by atoms with Crippen molar-refractivity contribution < 1.29 is 19.1 Å². The van der Waals surface area contributed by atoms with Crippen LogP contribution in [-0.2, 0) is 0 Å². The zero-order valence-corrected chi connectivity index (χ0v) is 16.9. The summed E-state index contributed by atoms with van der Waals surface area (Å²) in [6.45, 7) is 3.38. The van der Waals surface area contributed by atoms with Crippen molar-refractivity contribution in [1.29, 1.82) is 0 Å². The number of aromatic nitrogens is 2. The number of benzene rings is 2. The molecule has 0 aliphatic rings. The van der Waals surface area contributed by atoms with E-state index >= 15 is 0 Å². The van der Waals surface area contributed by atoms with Crippen molar-refractivity contribution in [3.63, 3.8) is 0 Å². The monoisotopic (exact) mass is 406 g/mol. The molecular weight excluding hydrogens is 388 g/mol. The summed E-state index contributed by atoms with van der Waals surface area (Å²) in [6, 6.07) is 16.3. The fourth-order valence-corrected chi connectivity index (χ4v) is 4.07. The minimum absolute atomic E-state index is 0.0911. The summed E-state index contributed by atoms with van der Waals surface area (Å²) in [7, 11) is 1.47. The number of methoxy groups -OCH3 is 1. The molecule has 2 aromatic carbocycles. The number of aryl methyl sites for hydroxylation is 1. The molecule has 29 heavy (non-hydrogen) atoms. The summed E-state index contributed by atoms with van der Waals surface area (Å²) < 4.78 is 12.6. The molecule has 0 bridgehead atoms. The van der Waals surface area contributed by atoms with E-state index in [1.807, 2.05) is 41.9 Å². The normalized spacial score (nSPS) is 10.9. The number of hydrogen-bond donors (Lipinski definition) is 0. The van der Waals surface area contributed by atoms with Crippen molar-refractivity contribution in [2.24, 2.45) is 0 Å². The standard InChI is InChI=1S/C22H18N2O4S/c1-13-17-12-20(29-21(17)24(23-13)16-7-5-4-6-8-16)22(26)28-18-10-9-15(14(2)25)11-19(18)27-3/h4-12H,1-3H3. The maximum Gasteiger partial charge on any atom is 0.353 e. The highest BCUT2D eigenvalue weighted by atomic mass is 32.1. The van der Waals surface area contributed by atoms with Crippen molar-refractivity contribution in [2.45, 2.75) is 13.8 Å². The van der Waals surface area contributed by atoms with E-state index < -0.39 is 5.97 Å². The highest BCUT2D eigenvalue weighted by Gasteiger charge is 2.20. The topological polar surface area (TPSA) is 70.4 Å². The van der Waals surface area contributed by atoms with E-state index in [4.69, 9.17) is 9.47 Å². The predicted molar refractivity (Wildman–Crippen MR) is 112 cm³/mol. The minimum atomic E-state index is -0.487. The second kappa shape index (κ2) is 7.52. The van der Waals surface area contributed by atoms with Gasteiger partial charge < -0.3 is 9.47 Å². The van der Waals surface area contributed by atoms with Crippen LogP contribution >= 0.6 is 11.3 Å². The van der Waals surface area contributed by atoms with E-state index in [2.05, 4.69) is 5.10 Å². The van der Waals surface area contributed by atoms with Gasteiger partial charge in [-0.1, -0.05) is 18.2 Å². The first-order valence-electron chi connectivity index (χ1n) is 8.93. The Morgan fingerprint density at radius 2 is 1.79 bits per heavy atom. The highest BCUT2D eigenvalue weighted by Crippen LogP contribution is 2.33. The number of Topliss-reactive ketones (excluding diaryl/α,β-unsaturated/α-hetero) is 1. The van der Waals surface area contributed by atoms with Crippen LogP contribution in [0.4, 0.5) is 0 Å². The number of hydrogen-bond acceptors (Lipinski definition) is 6. The summed E-state index contributed by atoms with van der Waals surface area (Å²) in [5.74, 6) is 0.0193. The van der Waals surface area contributed by atoms with Crippen molar-refractivity contribution in [2.75, 3.05) is 7.11 Å². The van der Waals surface area contributed by atoms with Crippen molar-refractivity contribution in [3.05, 3.63) is 70.7 Å². The molecule has 0 saturated carbocycles. The van der Waals surface area contributed by atoms with Crippen LogP contribution in [0.3, 0.4) is 0 Å². The molecule has 0 atom stereocenters. The lowest BCUT2D eigenvalue weighted by Crippen LogP contribution is -2.08. The lowest BCUT2D eigenvalue weighted by molar-refractivity contribution is 0.0735. The van der Waals surface area contributed by atoms with Crippen molar-refractivity contribution in [3.8, 4) is 17.2 Å². The van der Waals surface area contributed by atoms with Crippen LogP contribution in [0.2, 0.25) is 0 Å². The second-order valence-electron chi connectivity index (χ2n) is 6.47. The molecule has 0 aliphatic carbocycles. The highest BCUT2D eigenvalue weighted by molar-refractivity contribution is 7.20. The van der Waals surface area contributed by atoms with Gasteiger partial charge in [0.1, 0.15) is 9.71 Å². The van der Waals surface area contributed by atoms with Crippen LogP contribution in [0, 0.1) is 6.92 Å². The molecule has 0 N–H and O–H groups in total. The van der Waals surface area contributed by atoms with Crippen LogP contribution in [0.25, 0.3) is 15.9 Å². The molecule has 4 aromatic rings. The van der Waals surface area contributed by atoms with Gasteiger partial charge in [0.15, 0.2) is 17.3 Å². The molecule has 4 rings (SSSR count). The zero-order valence-electron chi connectivity index (χ0n) is 16.1. The van der Waals surface area contributed by atoms with Gasteiger partial charge in [-0.25, -0.2) is 9.48 Å². The molecular formula is C22H18N2O4S. The molecule has 0 radical (unpaired) electrons. The van der Waals surface area contributed by atoms with Gasteiger partial charge in [0.05, 0.1) is 18.5 Å². The van der Waals surface area contributed by atoms with Crippen LogP contribution in [0.1, 0.15) is 32.6 Å². The summed E-state index contributed by atoms with van der Waals surface area (Å²) in [4.78, 5) is 25.6. The number of carbonyl (C=O) groups is 2. The summed E-state index contributed by atoms with van der Waals surface area (Å²) in [5.41, 5.74) is 2.25. The number of para-hydroxylation sites is 1. The molecule has 7 heteroatoms. The van der Waals surface area contributed by atoms with E-state index in [-0.39, 0.29) is 11.5 Å². The largest absolute Gasteiger partial charge is 0.493 e. The van der Waals surface area contributed by atoms with Gasteiger partial charge in [-0.3, -0.25) is 4.79 Å². The van der Waals surface area contributed by atoms with Gasteiger partial charge in [-0.05, 0) is 50.2 Å². The first-order chi connectivity index (χ1) is 14.0. The number of ketones is 1. The van der Waals surface area contributed by atoms with Crippen LogP contribution < -0.4 is 9.47 Å². The van der Waals surface area contributed by atoms with Gasteiger partial charge in [0.25, 0.3) is 0 Å². The Hall–Kier alpha value is -3.45. The van der Waals surface area contributed by atoms with Crippen LogP contribution in [-0.4, -0.2) is 28.6 Å². The second-order valence-corrected chi connectivity index (χ2v) is 7.50. The van der Waals surface area contributed by atoms with E-state index in [1.54, 1.807) is 24.3 Å². The number of ether oxygens (including phenoxy) is 2. The van der Waals surface area contributed by atoms with Gasteiger partial charge in [0.2, 0.25) is 0 Å². The number of rotatable bonds is 5. The third kappa shape index (κ3) is 3.52. The van der Waals surface area contributed by atoms with Gasteiger partial charge in [-0.15, -0.1) is 11.3 Å². The third-order valence-electron chi connectivity index (χ3n) is 4.52. The summed E-state index contributed by atoms with van der Waals surface area (Å²) >= 11 is 1.32. The smallest absolute Gasteiger partial charge is 0.353 e. The van der Waals surface area contributed by atoms with Gasteiger partial charge in [-0.2, -0.15) is 5.10 Å². The molecule has 146 valence electrons. The average molecular weight is 406 g/mol. The van der Waals surface area contributed by atoms with Crippen molar-refractivity contribution >= 4 is 33.3 Å². The Bertz CT molecular complexity index is 1220. The average Bonchev–Trinajstić information content (AvgIpc) is 3.29. The predicted octanol–water partition coefficient (Wildman–Crippen LogP) is 4.83. The van der Waals surface area contributed by atoms with E-state index in [0.29, 0.717) is 16.2 Å². The molecule has 0 fully saturated rings. The molecule has 2 heterocycles. The molecule has 0 aliphatic heterocycles. The van der Waals surface area contributed by atoms with Gasteiger partial charge >= 0.3 is 5.97 Å². The SMILES string of the molecule is COc1cc(C(C)=O)ccc1OC(=O)c1cc2c(C)nn(-c3ccccc3)c2s1. The third-order valence-corrected chi connectivity index (χ3v) is 5.61. The van der Waals surface area contributed by atoms with E-state index in [0.717, 1.165) is 21.6 Å². The van der Waals surface area contributed by atoms with Crippen LogP contribution in [0.15, 0.2) is 54.6 Å². The molecule has 0 saturated heterocycles. The van der Waals surface area contributed by atoms with Gasteiger partial charge in [0, 0.05) is 10.9 Å². The molecule has 2 aromatic heterocycles. The summed E-state index contributed by atoms with van der Waals surface area (Å²) in [5, 5.41) is 5.49. The summed E-state index contributed by atoms with van der Waals surface area (Å²) in [6.07, 6.45) is 0. The maximum atomic E-state index is 12.8. The Morgan fingerprint density at radius 1 is 1.03 bits per heavy atom. The fraction of sp³-hybridized carbons (Fsp3) is 0.136. The molecule has 0 amide bonds. The Morgan fingerprint density at radius 3 is 2.48 bits per heavy atom.